The van der Waals surface area contributed by atoms with Crippen molar-refractivity contribution in [1.29, 1.82) is 0 Å². The number of hydrogen-bond donors (Lipinski definition) is 1. The first-order chi connectivity index (χ1) is 12.6. The van der Waals surface area contributed by atoms with E-state index >= 15 is 0 Å². The van der Waals surface area contributed by atoms with Crippen LogP contribution in [0.15, 0.2) is 53.7 Å². The molecular formula is C19H18F2N2O3. The van der Waals surface area contributed by atoms with Crippen LogP contribution in [0.2, 0.25) is 0 Å². The summed E-state index contributed by atoms with van der Waals surface area (Å²) in [6.45, 7) is -2.78. The zero-order valence-corrected chi connectivity index (χ0v) is 14.1. The van der Waals surface area contributed by atoms with E-state index in [4.69, 9.17) is 15.2 Å². The lowest BCUT2D eigenvalue weighted by Gasteiger charge is -2.13. The highest BCUT2D eigenvalue weighted by molar-refractivity contribution is 5.96. The van der Waals surface area contributed by atoms with E-state index in [0.29, 0.717) is 29.0 Å². The van der Waals surface area contributed by atoms with Gasteiger partial charge in [0.2, 0.25) is 6.79 Å². The van der Waals surface area contributed by atoms with Crippen LogP contribution in [0.4, 0.5) is 8.78 Å². The van der Waals surface area contributed by atoms with E-state index in [2.05, 4.69) is 9.73 Å². The molecule has 0 unspecified atom stereocenters. The molecule has 2 aromatic rings. The van der Waals surface area contributed by atoms with Crippen LogP contribution in [-0.4, -0.2) is 26.2 Å². The number of alkyl halides is 2. The molecule has 2 N–H and O–H groups in total. The molecule has 0 atom stereocenters. The molecule has 2 aromatic carbocycles. The summed E-state index contributed by atoms with van der Waals surface area (Å²) in [5.41, 5.74) is 8.30. The van der Waals surface area contributed by atoms with Gasteiger partial charge in [-0.25, -0.2) is 0 Å². The zero-order valence-electron chi connectivity index (χ0n) is 14.1. The minimum absolute atomic E-state index is 0.0898. The molecule has 7 heteroatoms. The molecule has 0 fully saturated rings. The minimum atomic E-state index is -2.92. The second-order valence-electron chi connectivity index (χ2n) is 5.53. The molecule has 5 nitrogen and oxygen atoms in total. The molecule has 0 aliphatic carbocycles. The second-order valence-corrected chi connectivity index (χ2v) is 5.53. The fourth-order valence-electron chi connectivity index (χ4n) is 2.71. The zero-order chi connectivity index (χ0) is 18.5. The second kappa shape index (κ2) is 7.86. The van der Waals surface area contributed by atoms with E-state index < -0.39 is 6.61 Å². The van der Waals surface area contributed by atoms with Crippen LogP contribution in [0, 0.1) is 0 Å². The molecule has 0 amide bonds. The maximum absolute atomic E-state index is 12.8. The minimum Gasteiger partial charge on any atom is -0.454 e. The van der Waals surface area contributed by atoms with Crippen LogP contribution in [0.25, 0.3) is 11.1 Å². The van der Waals surface area contributed by atoms with Crippen LogP contribution in [0.3, 0.4) is 0 Å². The maximum atomic E-state index is 12.8. The molecule has 0 saturated heterocycles. The highest BCUT2D eigenvalue weighted by Crippen LogP contribution is 2.39. The largest absolute Gasteiger partial charge is 0.454 e. The van der Waals surface area contributed by atoms with Crippen LogP contribution < -0.4 is 19.9 Å². The molecule has 1 heterocycles. The fourth-order valence-corrected chi connectivity index (χ4v) is 2.71. The molecule has 136 valence electrons. The van der Waals surface area contributed by atoms with Gasteiger partial charge in [0.05, 0.1) is 0 Å². The van der Waals surface area contributed by atoms with Crippen molar-refractivity contribution >= 4 is 5.71 Å². The van der Waals surface area contributed by atoms with E-state index in [9.17, 15) is 8.78 Å². The highest BCUT2D eigenvalue weighted by atomic mass is 19.3. The predicted molar refractivity (Wildman–Crippen MR) is 95.0 cm³/mol. The normalized spacial score (nSPS) is 13.6. The Hall–Kier alpha value is -3.09. The summed E-state index contributed by atoms with van der Waals surface area (Å²) < 4.78 is 40.9. The molecule has 0 saturated carbocycles. The van der Waals surface area contributed by atoms with Gasteiger partial charge in [0.25, 0.3) is 0 Å². The summed E-state index contributed by atoms with van der Waals surface area (Å²) in [5, 5.41) is 0. The van der Waals surface area contributed by atoms with Gasteiger partial charge in [0.15, 0.2) is 11.5 Å². The number of nitrogens with zero attached hydrogens (tertiary/aromatic N) is 1. The Kier molecular flexibility index (Phi) is 5.36. The predicted octanol–water partition coefficient (Wildman–Crippen LogP) is 3.77. The topological polar surface area (TPSA) is 66.1 Å². The molecule has 26 heavy (non-hydrogen) atoms. The third-order valence-corrected chi connectivity index (χ3v) is 3.90. The number of nitrogens with two attached hydrogens (primary N) is 1. The third kappa shape index (κ3) is 3.93. The van der Waals surface area contributed by atoms with Gasteiger partial charge in [0.1, 0.15) is 5.75 Å². The van der Waals surface area contributed by atoms with E-state index in [0.717, 1.165) is 11.3 Å². The van der Waals surface area contributed by atoms with Crippen LogP contribution >= 0.6 is 0 Å². The van der Waals surface area contributed by atoms with Gasteiger partial charge in [-0.1, -0.05) is 12.1 Å². The Bertz CT molecular complexity index is 851. The first-order valence-electron chi connectivity index (χ1n) is 7.92. The van der Waals surface area contributed by atoms with Gasteiger partial charge in [-0.2, -0.15) is 8.78 Å². The molecule has 0 bridgehead atoms. The number of ether oxygens (including phenoxy) is 3. The van der Waals surface area contributed by atoms with E-state index in [1.807, 2.05) is 0 Å². The van der Waals surface area contributed by atoms with Crippen molar-refractivity contribution in [1.82, 2.24) is 0 Å². The molecule has 3 rings (SSSR count). The van der Waals surface area contributed by atoms with Crippen molar-refractivity contribution in [3.05, 3.63) is 54.2 Å². The number of aliphatic imine (C=N–C) groups is 1. The van der Waals surface area contributed by atoms with Gasteiger partial charge >= 0.3 is 6.61 Å². The number of allylic oxidation sites excluding steroid dienone is 1. The van der Waals surface area contributed by atoms with E-state index in [-0.39, 0.29) is 12.5 Å². The van der Waals surface area contributed by atoms with Crippen molar-refractivity contribution in [2.45, 2.75) is 13.0 Å². The van der Waals surface area contributed by atoms with E-state index in [1.165, 1.54) is 12.3 Å². The Morgan fingerprint density at radius 1 is 1.23 bits per heavy atom. The van der Waals surface area contributed by atoms with Gasteiger partial charge < -0.3 is 19.9 Å². The molecule has 1 aliphatic rings. The van der Waals surface area contributed by atoms with Crippen molar-refractivity contribution < 1.29 is 23.0 Å². The number of rotatable bonds is 6. The Morgan fingerprint density at radius 2 is 2.04 bits per heavy atom. The lowest BCUT2D eigenvalue weighted by molar-refractivity contribution is -0.0494. The van der Waals surface area contributed by atoms with Gasteiger partial charge in [-0.15, -0.1) is 0 Å². The average Bonchev–Trinajstić information content (AvgIpc) is 3.09. The number of fused-ring (bicyclic) bond motifs is 1. The van der Waals surface area contributed by atoms with Crippen LogP contribution in [0.1, 0.15) is 5.56 Å². The summed E-state index contributed by atoms with van der Waals surface area (Å²) in [5.74, 6) is 1.28. The van der Waals surface area contributed by atoms with Crippen molar-refractivity contribution in [3.8, 4) is 28.4 Å². The third-order valence-electron chi connectivity index (χ3n) is 3.90. The smallest absolute Gasteiger partial charge is 0.387 e. The Labute approximate surface area is 149 Å². The van der Waals surface area contributed by atoms with Crippen LogP contribution in [0.5, 0.6) is 17.2 Å². The number of halogens is 2. The molecule has 1 aliphatic heterocycles. The SMILES string of the molecule is CN=C(C=CN)Cc1ccc(OC(F)F)c(-c2ccc3c(c2)OCO3)c1. The summed E-state index contributed by atoms with van der Waals surface area (Å²) in [4.78, 5) is 4.16. The fraction of sp³-hybridized carbons (Fsp3) is 0.211. The molecular weight excluding hydrogens is 342 g/mol. The standard InChI is InChI=1S/C19H18F2N2O3/c1-23-14(6-7-22)8-12-2-4-16(26-19(20)21)15(9-12)13-3-5-17-18(10-13)25-11-24-17/h2-7,9-10,19H,8,11,22H2,1H3. The van der Waals surface area contributed by atoms with Crippen molar-refractivity contribution in [2.75, 3.05) is 13.8 Å². The summed E-state index contributed by atoms with van der Waals surface area (Å²) in [7, 11) is 1.67. The molecule has 0 radical (unpaired) electrons. The van der Waals surface area contributed by atoms with Gasteiger partial charge in [-0.05, 0) is 47.7 Å². The van der Waals surface area contributed by atoms with E-state index in [1.54, 1.807) is 43.5 Å². The monoisotopic (exact) mass is 360 g/mol. The summed E-state index contributed by atoms with van der Waals surface area (Å²) in [6, 6.07) is 10.3. The van der Waals surface area contributed by atoms with Crippen molar-refractivity contribution in [3.63, 3.8) is 0 Å². The summed E-state index contributed by atoms with van der Waals surface area (Å²) >= 11 is 0. The summed E-state index contributed by atoms with van der Waals surface area (Å²) in [6.07, 6.45) is 3.62. The first kappa shape index (κ1) is 17.7. The van der Waals surface area contributed by atoms with Crippen molar-refractivity contribution in [2.24, 2.45) is 10.7 Å². The number of benzene rings is 2. The molecule has 0 spiro atoms. The Morgan fingerprint density at radius 3 is 2.77 bits per heavy atom. The highest BCUT2D eigenvalue weighted by Gasteiger charge is 2.17. The van der Waals surface area contributed by atoms with Crippen LogP contribution in [-0.2, 0) is 6.42 Å². The lowest BCUT2D eigenvalue weighted by Crippen LogP contribution is -2.05. The molecule has 0 aromatic heterocycles. The quantitative estimate of drug-likeness (QED) is 0.797. The Balaban J connectivity index is 2.00. The average molecular weight is 360 g/mol. The number of hydrogen-bond acceptors (Lipinski definition) is 5. The maximum Gasteiger partial charge on any atom is 0.387 e. The first-order valence-corrected chi connectivity index (χ1v) is 7.92. The van der Waals surface area contributed by atoms with Gasteiger partial charge in [-0.3, -0.25) is 4.99 Å². The van der Waals surface area contributed by atoms with Gasteiger partial charge in [0, 0.05) is 24.7 Å². The lowest BCUT2D eigenvalue weighted by atomic mass is 9.99.